The Morgan fingerprint density at radius 1 is 1.32 bits per heavy atom. The minimum Gasteiger partial charge on any atom is -0.454 e. The lowest BCUT2D eigenvalue weighted by molar-refractivity contribution is -0.385. The van der Waals surface area contributed by atoms with Crippen molar-refractivity contribution in [3.05, 3.63) is 57.4 Å². The number of nitrogens with one attached hydrogen (secondary N) is 1. The Morgan fingerprint density at radius 2 is 2.12 bits per heavy atom. The van der Waals surface area contributed by atoms with E-state index in [-0.39, 0.29) is 30.9 Å². The van der Waals surface area contributed by atoms with E-state index in [9.17, 15) is 14.5 Å². The second kappa shape index (κ2) is 6.53. The van der Waals surface area contributed by atoms with E-state index in [0.29, 0.717) is 22.0 Å². The topological polar surface area (TPSA) is 73.6 Å². The lowest BCUT2D eigenvalue weighted by atomic mass is 10.0. The number of fused-ring (bicyclic) bond motifs is 2. The van der Waals surface area contributed by atoms with Gasteiger partial charge in [0.15, 0.2) is 11.5 Å². The van der Waals surface area contributed by atoms with E-state index in [0.717, 1.165) is 17.7 Å². The molecule has 0 fully saturated rings. The second-order valence-electron chi connectivity index (χ2n) is 5.82. The highest BCUT2D eigenvalue weighted by molar-refractivity contribution is 7.99. The van der Waals surface area contributed by atoms with Gasteiger partial charge in [0.05, 0.1) is 11.0 Å². The lowest BCUT2D eigenvalue weighted by Crippen LogP contribution is -2.25. The summed E-state index contributed by atoms with van der Waals surface area (Å²) in [5.41, 5.74) is 1.41. The smallest absolute Gasteiger partial charge is 0.277 e. The summed E-state index contributed by atoms with van der Waals surface area (Å²) < 4.78 is 24.5. The van der Waals surface area contributed by atoms with Crippen molar-refractivity contribution < 1.29 is 18.8 Å². The predicted molar refractivity (Wildman–Crippen MR) is 90.5 cm³/mol. The Balaban J connectivity index is 1.59. The van der Waals surface area contributed by atoms with Gasteiger partial charge in [-0.05, 0) is 29.9 Å². The summed E-state index contributed by atoms with van der Waals surface area (Å²) in [7, 11) is 0. The van der Waals surface area contributed by atoms with Crippen molar-refractivity contribution >= 4 is 17.4 Å². The molecule has 0 aliphatic carbocycles. The van der Waals surface area contributed by atoms with Crippen LogP contribution >= 0.6 is 11.8 Å². The molecule has 0 aromatic heterocycles. The molecule has 2 aromatic carbocycles. The molecule has 8 heteroatoms. The van der Waals surface area contributed by atoms with Crippen molar-refractivity contribution in [2.75, 3.05) is 12.5 Å². The van der Waals surface area contributed by atoms with Gasteiger partial charge in [-0.2, -0.15) is 0 Å². The number of hydrogen-bond donors (Lipinski definition) is 1. The van der Waals surface area contributed by atoms with Crippen LogP contribution in [0.5, 0.6) is 11.5 Å². The molecule has 6 nitrogen and oxygen atoms in total. The third-order valence-corrected chi connectivity index (χ3v) is 5.49. The Labute approximate surface area is 147 Å². The highest BCUT2D eigenvalue weighted by Crippen LogP contribution is 2.40. The number of rotatable bonds is 4. The Kier molecular flexibility index (Phi) is 4.22. The minimum absolute atomic E-state index is 0.0126. The molecular formula is C17H15FN2O4S. The normalized spacial score (nSPS) is 18.0. The number of benzene rings is 2. The first-order valence-corrected chi connectivity index (χ1v) is 8.83. The van der Waals surface area contributed by atoms with Crippen LogP contribution in [0.3, 0.4) is 0 Å². The summed E-state index contributed by atoms with van der Waals surface area (Å²) in [5, 5.41) is 14.7. The largest absolute Gasteiger partial charge is 0.454 e. The summed E-state index contributed by atoms with van der Waals surface area (Å²) in [6.45, 7) is 0.355. The molecule has 1 N–H and O–H groups in total. The maximum atomic E-state index is 14.0. The number of thioether (sulfide) groups is 1. The summed E-state index contributed by atoms with van der Waals surface area (Å²) >= 11 is 1.51. The van der Waals surface area contributed by atoms with Crippen LogP contribution in [0.4, 0.5) is 10.1 Å². The lowest BCUT2D eigenvalue weighted by Gasteiger charge is -2.26. The molecule has 0 bridgehead atoms. The van der Waals surface area contributed by atoms with Crippen LogP contribution in [0.15, 0.2) is 35.2 Å². The van der Waals surface area contributed by atoms with Crippen molar-refractivity contribution in [1.29, 1.82) is 0 Å². The molecule has 2 aliphatic rings. The van der Waals surface area contributed by atoms with E-state index in [1.54, 1.807) is 12.1 Å². The molecule has 2 heterocycles. The second-order valence-corrected chi connectivity index (χ2v) is 6.93. The van der Waals surface area contributed by atoms with Gasteiger partial charge in [-0.3, -0.25) is 10.1 Å². The van der Waals surface area contributed by atoms with E-state index >= 15 is 0 Å². The van der Waals surface area contributed by atoms with Crippen LogP contribution in [-0.2, 0) is 6.54 Å². The minimum atomic E-state index is -0.427. The van der Waals surface area contributed by atoms with Gasteiger partial charge in [0, 0.05) is 23.0 Å². The average Bonchev–Trinajstić information content (AvgIpc) is 3.07. The Hall–Kier alpha value is -2.32. The SMILES string of the molecule is O=[N+]([O-])c1cc2c(cc1CN[C@H]1CCSc3c(F)cccc31)OCO2. The molecule has 0 spiro atoms. The molecule has 2 aromatic rings. The molecule has 0 saturated heterocycles. The number of hydrogen-bond acceptors (Lipinski definition) is 6. The first-order valence-electron chi connectivity index (χ1n) is 7.85. The van der Waals surface area contributed by atoms with Crippen LogP contribution in [-0.4, -0.2) is 17.5 Å². The monoisotopic (exact) mass is 362 g/mol. The predicted octanol–water partition coefficient (Wildman–Crippen LogP) is 3.79. The molecule has 4 rings (SSSR count). The third kappa shape index (κ3) is 3.03. The first-order chi connectivity index (χ1) is 12.1. The standard InChI is InChI=1S/C17H15FN2O4S/c18-12-3-1-2-11-13(4-5-25-17(11)12)19-8-10-6-15-16(24-9-23-15)7-14(10)20(21)22/h1-3,6-7,13,19H,4-5,8-9H2/t13-/m0/s1. The summed E-state index contributed by atoms with van der Waals surface area (Å²) in [5.74, 6) is 1.47. The van der Waals surface area contributed by atoms with Gasteiger partial charge in [0.1, 0.15) is 5.82 Å². The number of nitrogens with zero attached hydrogens (tertiary/aromatic N) is 1. The number of nitro benzene ring substituents is 1. The highest BCUT2D eigenvalue weighted by Gasteiger charge is 2.26. The van der Waals surface area contributed by atoms with Crippen molar-refractivity contribution in [2.24, 2.45) is 0 Å². The molecule has 0 saturated carbocycles. The van der Waals surface area contributed by atoms with Crippen LogP contribution in [0.25, 0.3) is 0 Å². The van der Waals surface area contributed by atoms with Crippen molar-refractivity contribution in [3.8, 4) is 11.5 Å². The maximum Gasteiger partial charge on any atom is 0.277 e. The van der Waals surface area contributed by atoms with E-state index in [4.69, 9.17) is 9.47 Å². The highest BCUT2D eigenvalue weighted by atomic mass is 32.2. The van der Waals surface area contributed by atoms with Crippen molar-refractivity contribution in [1.82, 2.24) is 5.32 Å². The molecule has 130 valence electrons. The fourth-order valence-corrected chi connectivity index (χ4v) is 4.26. The molecule has 2 aliphatic heterocycles. The van der Waals surface area contributed by atoms with Crippen LogP contribution in [0.1, 0.15) is 23.6 Å². The molecule has 0 amide bonds. The van der Waals surface area contributed by atoms with Crippen molar-refractivity contribution in [3.63, 3.8) is 0 Å². The van der Waals surface area contributed by atoms with Crippen LogP contribution in [0.2, 0.25) is 0 Å². The number of nitro groups is 1. The fraction of sp³-hybridized carbons (Fsp3) is 0.294. The number of halogens is 1. The summed E-state index contributed by atoms with van der Waals surface area (Å²) in [6, 6.07) is 8.03. The van der Waals surface area contributed by atoms with Gasteiger partial charge < -0.3 is 14.8 Å². The van der Waals surface area contributed by atoms with Gasteiger partial charge in [-0.25, -0.2) is 4.39 Å². The van der Waals surface area contributed by atoms with E-state index in [2.05, 4.69) is 5.32 Å². The fourth-order valence-electron chi connectivity index (χ4n) is 3.12. The number of ether oxygens (including phenoxy) is 2. The van der Waals surface area contributed by atoms with Gasteiger partial charge >= 0.3 is 0 Å². The average molecular weight is 362 g/mol. The Morgan fingerprint density at radius 3 is 2.92 bits per heavy atom. The molecule has 1 atom stereocenters. The maximum absolute atomic E-state index is 14.0. The van der Waals surface area contributed by atoms with Gasteiger partial charge in [-0.1, -0.05) is 12.1 Å². The van der Waals surface area contributed by atoms with Gasteiger partial charge in [0.2, 0.25) is 6.79 Å². The van der Waals surface area contributed by atoms with Gasteiger partial charge in [-0.15, -0.1) is 11.8 Å². The molecular weight excluding hydrogens is 347 g/mol. The quantitative estimate of drug-likeness (QED) is 0.659. The zero-order chi connectivity index (χ0) is 17.4. The van der Waals surface area contributed by atoms with Crippen LogP contribution < -0.4 is 14.8 Å². The van der Waals surface area contributed by atoms with E-state index in [1.807, 2.05) is 6.07 Å². The summed E-state index contributed by atoms with van der Waals surface area (Å²) in [4.78, 5) is 11.6. The first kappa shape index (κ1) is 16.2. The molecule has 25 heavy (non-hydrogen) atoms. The zero-order valence-corrected chi connectivity index (χ0v) is 14.0. The Bertz CT molecular complexity index is 846. The van der Waals surface area contributed by atoms with E-state index in [1.165, 1.54) is 23.9 Å². The summed E-state index contributed by atoms with van der Waals surface area (Å²) in [6.07, 6.45) is 0.833. The van der Waals surface area contributed by atoms with Gasteiger partial charge in [0.25, 0.3) is 5.69 Å². The van der Waals surface area contributed by atoms with Crippen LogP contribution in [0, 0.1) is 15.9 Å². The third-order valence-electron chi connectivity index (χ3n) is 4.34. The van der Waals surface area contributed by atoms with Crippen molar-refractivity contribution in [2.45, 2.75) is 23.9 Å². The zero-order valence-electron chi connectivity index (χ0n) is 13.2. The van der Waals surface area contributed by atoms with E-state index < -0.39 is 4.92 Å². The molecule has 0 radical (unpaired) electrons. The molecule has 0 unspecified atom stereocenters.